The van der Waals surface area contributed by atoms with Gasteiger partial charge in [-0.25, -0.2) is 8.42 Å². The second-order valence-electron chi connectivity index (χ2n) is 6.11. The van der Waals surface area contributed by atoms with Crippen molar-refractivity contribution in [3.63, 3.8) is 0 Å². The number of pyridine rings is 1. The van der Waals surface area contributed by atoms with E-state index in [0.29, 0.717) is 0 Å². The van der Waals surface area contributed by atoms with Crippen LogP contribution in [0.15, 0.2) is 46.2 Å². The lowest BCUT2D eigenvalue weighted by molar-refractivity contribution is 0.0697. The molecule has 0 radical (unpaired) electrons. The molecule has 27 heavy (non-hydrogen) atoms. The largest absolute Gasteiger partial charge is 0.336 e. The molecule has 1 aliphatic rings. The van der Waals surface area contributed by atoms with Gasteiger partial charge in [0.25, 0.3) is 11.5 Å². The van der Waals surface area contributed by atoms with E-state index in [1.54, 1.807) is 19.2 Å². The number of rotatable bonds is 3. The molecule has 2 aromatic rings. The van der Waals surface area contributed by atoms with Crippen molar-refractivity contribution in [3.8, 4) is 0 Å². The molecular formula is C17H17Cl2N3O4S. The van der Waals surface area contributed by atoms with Crippen LogP contribution < -0.4 is 5.56 Å². The van der Waals surface area contributed by atoms with E-state index >= 15 is 0 Å². The van der Waals surface area contributed by atoms with Gasteiger partial charge in [-0.15, -0.1) is 0 Å². The molecule has 0 atom stereocenters. The molecule has 1 fully saturated rings. The van der Waals surface area contributed by atoms with E-state index in [2.05, 4.69) is 0 Å². The Morgan fingerprint density at radius 1 is 1.04 bits per heavy atom. The topological polar surface area (TPSA) is 79.7 Å². The fourth-order valence-electron chi connectivity index (χ4n) is 2.85. The highest BCUT2D eigenvalue weighted by Gasteiger charge is 2.33. The lowest BCUT2D eigenvalue weighted by atomic mass is 10.2. The Balaban J connectivity index is 1.76. The average Bonchev–Trinajstić information content (AvgIpc) is 2.63. The van der Waals surface area contributed by atoms with Crippen molar-refractivity contribution in [3.05, 3.63) is 62.5 Å². The smallest absolute Gasteiger partial charge is 0.254 e. The molecule has 3 rings (SSSR count). The molecule has 7 nitrogen and oxygen atoms in total. The Labute approximate surface area is 166 Å². The van der Waals surface area contributed by atoms with Crippen LogP contribution in [-0.4, -0.2) is 54.3 Å². The first-order valence-corrected chi connectivity index (χ1v) is 10.3. The first kappa shape index (κ1) is 19.9. The van der Waals surface area contributed by atoms with Crippen LogP contribution in [0.2, 0.25) is 10.0 Å². The molecule has 0 saturated carbocycles. The van der Waals surface area contributed by atoms with Crippen molar-refractivity contribution in [2.24, 2.45) is 7.05 Å². The number of hydrogen-bond donors (Lipinski definition) is 0. The predicted molar refractivity (Wildman–Crippen MR) is 103 cm³/mol. The third-order valence-electron chi connectivity index (χ3n) is 4.39. The number of halogens is 2. The molecule has 144 valence electrons. The maximum Gasteiger partial charge on any atom is 0.254 e. The molecule has 0 unspecified atom stereocenters. The van der Waals surface area contributed by atoms with Crippen molar-refractivity contribution < 1.29 is 13.2 Å². The summed E-state index contributed by atoms with van der Waals surface area (Å²) in [6.45, 7) is 0.631. The van der Waals surface area contributed by atoms with Crippen molar-refractivity contribution in [1.29, 1.82) is 0 Å². The minimum absolute atomic E-state index is 0.0566. The number of hydrogen-bond acceptors (Lipinski definition) is 4. The highest BCUT2D eigenvalue weighted by atomic mass is 35.5. The van der Waals surface area contributed by atoms with Crippen molar-refractivity contribution in [2.45, 2.75) is 4.90 Å². The zero-order valence-electron chi connectivity index (χ0n) is 14.4. The molecule has 1 amide bonds. The molecule has 2 heterocycles. The van der Waals surface area contributed by atoms with Crippen LogP contribution in [0.25, 0.3) is 0 Å². The lowest BCUT2D eigenvalue weighted by Gasteiger charge is -2.34. The summed E-state index contributed by atoms with van der Waals surface area (Å²) in [6, 6.07) is 7.35. The Hall–Kier alpha value is -1.87. The molecule has 1 aliphatic heterocycles. The third kappa shape index (κ3) is 3.89. The zero-order valence-corrected chi connectivity index (χ0v) is 16.8. The molecule has 1 aromatic carbocycles. The van der Waals surface area contributed by atoms with Crippen LogP contribution in [0.3, 0.4) is 0 Å². The molecule has 10 heteroatoms. The van der Waals surface area contributed by atoms with Crippen molar-refractivity contribution >= 4 is 39.1 Å². The number of carbonyl (C=O) groups excluding carboxylic acids is 1. The van der Waals surface area contributed by atoms with E-state index in [1.807, 2.05) is 0 Å². The third-order valence-corrected chi connectivity index (χ3v) is 7.25. The maximum atomic E-state index is 12.9. The minimum Gasteiger partial charge on any atom is -0.336 e. The SMILES string of the molecule is Cn1ccc(C(=O)N2CCN(S(=O)(=O)c3c(Cl)cccc3Cl)CC2)cc1=O. The number of aryl methyl sites for hydroxylation is 1. The van der Waals surface area contributed by atoms with E-state index in [-0.39, 0.29) is 58.1 Å². The second-order valence-corrected chi connectivity index (χ2v) is 8.80. The zero-order chi connectivity index (χ0) is 19.8. The van der Waals surface area contributed by atoms with E-state index in [0.717, 1.165) is 0 Å². The summed E-state index contributed by atoms with van der Waals surface area (Å²) in [6.07, 6.45) is 1.52. The number of benzene rings is 1. The molecule has 0 N–H and O–H groups in total. The van der Waals surface area contributed by atoms with Crippen LogP contribution in [0.1, 0.15) is 10.4 Å². The summed E-state index contributed by atoms with van der Waals surface area (Å²) in [4.78, 5) is 25.7. The Morgan fingerprint density at radius 3 is 2.19 bits per heavy atom. The summed E-state index contributed by atoms with van der Waals surface area (Å²) in [5.41, 5.74) is -0.000944. The molecule has 0 aliphatic carbocycles. The quantitative estimate of drug-likeness (QED) is 0.745. The molecule has 0 bridgehead atoms. The predicted octanol–water partition coefficient (Wildman–Crippen LogP) is 1.84. The van der Waals surface area contributed by atoms with Crippen LogP contribution in [0, 0.1) is 0 Å². The van der Waals surface area contributed by atoms with Gasteiger partial charge in [0.05, 0.1) is 10.0 Å². The summed E-state index contributed by atoms with van der Waals surface area (Å²) in [7, 11) is -2.27. The van der Waals surface area contributed by atoms with Crippen LogP contribution in [0.5, 0.6) is 0 Å². The normalized spacial score (nSPS) is 15.7. The Morgan fingerprint density at radius 2 is 1.63 bits per heavy atom. The highest BCUT2D eigenvalue weighted by Crippen LogP contribution is 2.31. The number of aromatic nitrogens is 1. The Bertz CT molecular complexity index is 1020. The van der Waals surface area contributed by atoms with Gasteiger partial charge in [-0.1, -0.05) is 29.3 Å². The lowest BCUT2D eigenvalue weighted by Crippen LogP contribution is -2.50. The molecular weight excluding hydrogens is 413 g/mol. The highest BCUT2D eigenvalue weighted by molar-refractivity contribution is 7.89. The fraction of sp³-hybridized carbons (Fsp3) is 0.294. The van der Waals surface area contributed by atoms with Crippen molar-refractivity contribution in [1.82, 2.24) is 13.8 Å². The van der Waals surface area contributed by atoms with Crippen molar-refractivity contribution in [2.75, 3.05) is 26.2 Å². The monoisotopic (exact) mass is 429 g/mol. The second kappa shape index (κ2) is 7.63. The number of sulfonamides is 1. The number of carbonyl (C=O) groups is 1. The van der Waals surface area contributed by atoms with Crippen LogP contribution in [0.4, 0.5) is 0 Å². The summed E-state index contributed by atoms with van der Waals surface area (Å²) in [5, 5.41) is 0.113. The molecule has 1 saturated heterocycles. The maximum absolute atomic E-state index is 12.9. The average molecular weight is 430 g/mol. The van der Waals surface area contributed by atoms with E-state index in [1.165, 1.54) is 38.2 Å². The summed E-state index contributed by atoms with van der Waals surface area (Å²) >= 11 is 12.1. The Kier molecular flexibility index (Phi) is 5.62. The van der Waals surface area contributed by atoms with Gasteiger partial charge in [0, 0.05) is 51.1 Å². The van der Waals surface area contributed by atoms with Crippen LogP contribution in [-0.2, 0) is 17.1 Å². The van der Waals surface area contributed by atoms with E-state index in [4.69, 9.17) is 23.2 Å². The van der Waals surface area contributed by atoms with Gasteiger partial charge < -0.3 is 9.47 Å². The number of piperazine rings is 1. The number of amides is 1. The van der Waals surface area contributed by atoms with E-state index in [9.17, 15) is 18.0 Å². The van der Waals surface area contributed by atoms with Gasteiger partial charge >= 0.3 is 0 Å². The standard InChI is InChI=1S/C17H17Cl2N3O4S/c1-20-6-5-12(11-15(20)23)17(24)21-7-9-22(10-8-21)27(25,26)16-13(18)3-2-4-14(16)19/h2-6,11H,7-10H2,1H3. The van der Waals surface area contributed by atoms with Gasteiger partial charge in [-0.2, -0.15) is 4.31 Å². The minimum atomic E-state index is -3.87. The summed E-state index contributed by atoms with van der Waals surface area (Å²) in [5.74, 6) is -0.305. The van der Waals surface area contributed by atoms with Gasteiger partial charge in [0.2, 0.25) is 10.0 Å². The summed E-state index contributed by atoms with van der Waals surface area (Å²) < 4.78 is 28.4. The van der Waals surface area contributed by atoms with Gasteiger partial charge in [0.1, 0.15) is 4.90 Å². The first-order chi connectivity index (χ1) is 12.7. The fourth-order valence-corrected chi connectivity index (χ4v) is 5.37. The number of nitrogens with zero attached hydrogens (tertiary/aromatic N) is 3. The van der Waals surface area contributed by atoms with Gasteiger partial charge in [0.15, 0.2) is 0 Å². The van der Waals surface area contributed by atoms with Gasteiger partial charge in [-0.05, 0) is 18.2 Å². The first-order valence-electron chi connectivity index (χ1n) is 8.12. The van der Waals surface area contributed by atoms with Crippen LogP contribution >= 0.6 is 23.2 Å². The molecule has 1 aromatic heterocycles. The van der Waals surface area contributed by atoms with Gasteiger partial charge in [-0.3, -0.25) is 9.59 Å². The van der Waals surface area contributed by atoms with E-state index < -0.39 is 10.0 Å². The molecule has 0 spiro atoms.